The Morgan fingerprint density at radius 1 is 0.727 bits per heavy atom. The van der Waals surface area contributed by atoms with E-state index in [9.17, 15) is 0 Å². The predicted molar refractivity (Wildman–Crippen MR) is 168 cm³/mol. The van der Waals surface area contributed by atoms with Crippen molar-refractivity contribution in [3.63, 3.8) is 0 Å². The molecule has 44 heavy (non-hydrogen) atoms. The number of aromatic nitrogens is 4. The van der Waals surface area contributed by atoms with Gasteiger partial charge < -0.3 is 18.8 Å². The third kappa shape index (κ3) is 5.13. The Bertz CT molecular complexity index is 2120. The average Bonchev–Trinajstić information content (AvgIpc) is 3.57. The number of para-hydroxylation sites is 1. The van der Waals surface area contributed by atoms with Crippen LogP contribution in [0.3, 0.4) is 0 Å². The minimum atomic E-state index is 0. The van der Waals surface area contributed by atoms with Crippen LogP contribution in [0.1, 0.15) is 11.1 Å². The number of rotatable bonds is 7. The van der Waals surface area contributed by atoms with Gasteiger partial charge in [-0.1, -0.05) is 53.5 Å². The Kier molecular flexibility index (Phi) is 7.96. The van der Waals surface area contributed by atoms with E-state index in [2.05, 4.69) is 59.8 Å². The number of methoxy groups -OCH3 is 2. The molecule has 0 spiro atoms. The summed E-state index contributed by atoms with van der Waals surface area (Å²) >= 11 is 0. The zero-order chi connectivity index (χ0) is 29.5. The molecule has 4 aromatic carbocycles. The number of nitrogens with zero attached hydrogens (tertiary/aromatic N) is 4. The second-order valence-corrected chi connectivity index (χ2v) is 10.3. The summed E-state index contributed by atoms with van der Waals surface area (Å²) in [5.74, 6) is 2.90. The van der Waals surface area contributed by atoms with E-state index in [4.69, 9.17) is 19.3 Å². The number of fused-ring (bicyclic) bond motifs is 3. The summed E-state index contributed by atoms with van der Waals surface area (Å²) < 4.78 is 21.6. The third-order valence-corrected chi connectivity index (χ3v) is 7.43. The van der Waals surface area contributed by atoms with E-state index in [-0.39, 0.29) is 20.4 Å². The Hall–Kier alpha value is -4.90. The maximum Gasteiger partial charge on any atom is 2.00 e. The van der Waals surface area contributed by atoms with Crippen molar-refractivity contribution in [3.8, 4) is 45.9 Å². The van der Waals surface area contributed by atoms with Crippen molar-refractivity contribution < 1.29 is 34.6 Å². The maximum absolute atomic E-state index is 6.34. The molecule has 0 atom stereocenters. The standard InChI is InChI=1S/C36H28N4O3.Pd/c1-23-12-14-25(15-13-23)34-35(41-3)38-40(36(34)42-4)26-8-7-9-27(21-26)43-28-16-17-30-29-10-5-6-11-31(29)39(32(30)22-28)33-20-24(2)18-19-37-33;/h5-20H,1-4H3;/q-2;+2. The van der Waals surface area contributed by atoms with Crippen molar-refractivity contribution in [1.29, 1.82) is 0 Å². The number of hydrogen-bond donors (Lipinski definition) is 0. The molecule has 0 saturated carbocycles. The van der Waals surface area contributed by atoms with E-state index >= 15 is 0 Å². The van der Waals surface area contributed by atoms with E-state index in [0.717, 1.165) is 49.9 Å². The van der Waals surface area contributed by atoms with Crippen LogP contribution >= 0.6 is 0 Å². The summed E-state index contributed by atoms with van der Waals surface area (Å²) in [4.78, 5) is 4.66. The van der Waals surface area contributed by atoms with Crippen LogP contribution in [-0.4, -0.2) is 33.6 Å². The molecule has 7 rings (SSSR count). The van der Waals surface area contributed by atoms with Gasteiger partial charge in [-0.3, -0.25) is 0 Å². The van der Waals surface area contributed by atoms with Gasteiger partial charge in [0.2, 0.25) is 11.8 Å². The van der Waals surface area contributed by atoms with Crippen molar-refractivity contribution in [1.82, 2.24) is 19.3 Å². The number of pyridine rings is 1. The first-order valence-corrected chi connectivity index (χ1v) is 13.9. The first kappa shape index (κ1) is 29.2. The molecule has 3 heterocycles. The smallest absolute Gasteiger partial charge is 0.509 e. The van der Waals surface area contributed by atoms with Gasteiger partial charge in [0.25, 0.3) is 0 Å². The summed E-state index contributed by atoms with van der Waals surface area (Å²) in [6.45, 7) is 4.12. The Balaban J connectivity index is 0.00000343. The van der Waals surface area contributed by atoms with Gasteiger partial charge in [0, 0.05) is 23.2 Å². The van der Waals surface area contributed by atoms with Crippen LogP contribution in [0.2, 0.25) is 0 Å². The van der Waals surface area contributed by atoms with E-state index < -0.39 is 0 Å². The summed E-state index contributed by atoms with van der Waals surface area (Å²) in [6, 6.07) is 37.0. The van der Waals surface area contributed by atoms with Crippen LogP contribution < -0.4 is 14.2 Å². The number of ether oxygens (including phenoxy) is 3. The molecule has 0 fully saturated rings. The second kappa shape index (κ2) is 12.0. The van der Waals surface area contributed by atoms with Gasteiger partial charge in [-0.15, -0.1) is 40.8 Å². The van der Waals surface area contributed by atoms with Crippen LogP contribution in [0.15, 0.2) is 97.2 Å². The van der Waals surface area contributed by atoms with Crippen molar-refractivity contribution >= 4 is 21.8 Å². The maximum atomic E-state index is 6.34. The fourth-order valence-electron chi connectivity index (χ4n) is 5.40. The van der Waals surface area contributed by atoms with Crippen LogP contribution in [0, 0.1) is 26.0 Å². The van der Waals surface area contributed by atoms with E-state index in [0.29, 0.717) is 28.9 Å². The number of aryl methyl sites for hydroxylation is 2. The average molecular weight is 671 g/mol. The molecule has 0 aliphatic heterocycles. The molecule has 3 aromatic heterocycles. The fraction of sp³-hybridized carbons (Fsp3) is 0.111. The molecule has 0 N–H and O–H groups in total. The molecular formula is C36H28N4O3Pd. The first-order chi connectivity index (χ1) is 21.0. The van der Waals surface area contributed by atoms with Crippen LogP contribution in [0.25, 0.3) is 44.4 Å². The topological polar surface area (TPSA) is 63.3 Å². The molecule has 0 unspecified atom stereocenters. The SMILES string of the molecule is COc1nn(-c2[c-]c(Oc3[c-]c4c(cc3)c3ccccc3n4-c3cc(C)ccn3)ccc2)c(OC)c1-c1ccc(C)cc1.[Pd+2]. The third-order valence-electron chi connectivity index (χ3n) is 7.43. The molecule has 8 heteroatoms. The van der Waals surface area contributed by atoms with Crippen LogP contribution in [-0.2, 0) is 20.4 Å². The summed E-state index contributed by atoms with van der Waals surface area (Å²) in [5, 5.41) is 6.90. The molecular weight excluding hydrogens is 643 g/mol. The molecule has 220 valence electrons. The quantitative estimate of drug-likeness (QED) is 0.127. The first-order valence-electron chi connectivity index (χ1n) is 13.9. The van der Waals surface area contributed by atoms with Gasteiger partial charge in [-0.25, -0.2) is 9.67 Å². The minimum absolute atomic E-state index is 0. The largest absolute Gasteiger partial charge is 2.00 e. The zero-order valence-corrected chi connectivity index (χ0v) is 26.1. The van der Waals surface area contributed by atoms with Gasteiger partial charge >= 0.3 is 20.4 Å². The second-order valence-electron chi connectivity index (χ2n) is 10.3. The molecule has 0 saturated heterocycles. The van der Waals surface area contributed by atoms with Gasteiger partial charge in [-0.2, -0.15) is 12.1 Å². The van der Waals surface area contributed by atoms with Crippen LogP contribution in [0.5, 0.6) is 23.3 Å². The molecule has 0 aliphatic rings. The fourth-order valence-corrected chi connectivity index (χ4v) is 5.40. The molecule has 0 amide bonds. The van der Waals surface area contributed by atoms with Gasteiger partial charge in [0.15, 0.2) is 0 Å². The van der Waals surface area contributed by atoms with E-state index in [1.54, 1.807) is 18.9 Å². The minimum Gasteiger partial charge on any atom is -0.509 e. The molecule has 7 aromatic rings. The van der Waals surface area contributed by atoms with Crippen molar-refractivity contribution in [2.45, 2.75) is 13.8 Å². The van der Waals surface area contributed by atoms with Crippen LogP contribution in [0.4, 0.5) is 0 Å². The van der Waals surface area contributed by atoms with E-state index in [1.165, 1.54) is 0 Å². The Morgan fingerprint density at radius 2 is 1.52 bits per heavy atom. The summed E-state index contributed by atoms with van der Waals surface area (Å²) in [5.41, 5.74) is 6.59. The molecule has 0 bridgehead atoms. The van der Waals surface area contributed by atoms with Crippen molar-refractivity contribution in [2.75, 3.05) is 14.2 Å². The van der Waals surface area contributed by atoms with E-state index in [1.807, 2.05) is 72.9 Å². The molecule has 0 aliphatic carbocycles. The van der Waals surface area contributed by atoms with Crippen molar-refractivity contribution in [2.24, 2.45) is 0 Å². The molecule has 0 radical (unpaired) electrons. The Labute approximate surface area is 269 Å². The monoisotopic (exact) mass is 670 g/mol. The normalized spacial score (nSPS) is 11.0. The van der Waals surface area contributed by atoms with Crippen molar-refractivity contribution in [3.05, 3.63) is 120 Å². The predicted octanol–water partition coefficient (Wildman–Crippen LogP) is 8.06. The summed E-state index contributed by atoms with van der Waals surface area (Å²) in [7, 11) is 3.22. The Morgan fingerprint density at radius 3 is 2.30 bits per heavy atom. The van der Waals surface area contributed by atoms with Gasteiger partial charge in [0.1, 0.15) is 11.4 Å². The van der Waals surface area contributed by atoms with Gasteiger partial charge in [0.05, 0.1) is 14.2 Å². The molecule has 7 nitrogen and oxygen atoms in total. The number of benzene rings is 4. The van der Waals surface area contributed by atoms with Gasteiger partial charge in [-0.05, 0) is 54.2 Å². The zero-order valence-electron chi connectivity index (χ0n) is 24.6. The summed E-state index contributed by atoms with van der Waals surface area (Å²) in [6.07, 6.45) is 1.83. The number of hydrogen-bond acceptors (Lipinski definition) is 5.